The van der Waals surface area contributed by atoms with E-state index < -0.39 is 0 Å². The first-order valence-electron chi connectivity index (χ1n) is 5.74. The molecule has 2 unspecified atom stereocenters. The average Bonchev–Trinajstić information content (AvgIpc) is 2.72. The normalized spacial score (nSPS) is 35.8. The van der Waals surface area contributed by atoms with Crippen LogP contribution in [0.5, 0.6) is 0 Å². The van der Waals surface area contributed by atoms with Gasteiger partial charge in [0.05, 0.1) is 0 Å². The lowest BCUT2D eigenvalue weighted by atomic mass is 10.1. The molecule has 2 heteroatoms. The van der Waals surface area contributed by atoms with Gasteiger partial charge in [0.15, 0.2) is 0 Å². The highest BCUT2D eigenvalue weighted by atomic mass is 35.5. The van der Waals surface area contributed by atoms with E-state index in [2.05, 4.69) is 5.32 Å². The summed E-state index contributed by atoms with van der Waals surface area (Å²) >= 11 is 6.22. The number of alkyl halides is 1. The standard InChI is InChI=1S/C11H20ClN/c12-11-7-3-4-9(11)8-13-10-5-1-2-6-10/h9-11,13H,1-8H2. The van der Waals surface area contributed by atoms with Crippen molar-refractivity contribution in [1.82, 2.24) is 5.32 Å². The number of hydrogen-bond donors (Lipinski definition) is 1. The fraction of sp³-hybridized carbons (Fsp3) is 1.00. The molecular weight excluding hydrogens is 182 g/mol. The summed E-state index contributed by atoms with van der Waals surface area (Å²) < 4.78 is 0. The monoisotopic (exact) mass is 201 g/mol. The van der Waals surface area contributed by atoms with Crippen LogP contribution in [-0.2, 0) is 0 Å². The molecule has 0 saturated heterocycles. The van der Waals surface area contributed by atoms with E-state index in [1.54, 1.807) is 0 Å². The van der Waals surface area contributed by atoms with E-state index in [-0.39, 0.29) is 0 Å². The Hall–Kier alpha value is 0.250. The Bertz CT molecular complexity index is 154. The second-order valence-electron chi connectivity index (χ2n) is 4.60. The first-order chi connectivity index (χ1) is 6.36. The second kappa shape index (κ2) is 4.65. The van der Waals surface area contributed by atoms with Gasteiger partial charge < -0.3 is 5.32 Å². The van der Waals surface area contributed by atoms with Crippen LogP contribution in [0.4, 0.5) is 0 Å². The van der Waals surface area contributed by atoms with Crippen LogP contribution >= 0.6 is 11.6 Å². The molecule has 0 aliphatic heterocycles. The molecule has 2 aliphatic carbocycles. The lowest BCUT2D eigenvalue weighted by Gasteiger charge is -2.18. The number of halogens is 1. The SMILES string of the molecule is ClC1CCCC1CNC1CCCC1. The van der Waals surface area contributed by atoms with Gasteiger partial charge in [-0.3, -0.25) is 0 Å². The summed E-state index contributed by atoms with van der Waals surface area (Å²) in [7, 11) is 0. The van der Waals surface area contributed by atoms with Gasteiger partial charge in [-0.25, -0.2) is 0 Å². The first-order valence-corrected chi connectivity index (χ1v) is 6.17. The van der Waals surface area contributed by atoms with E-state index in [1.807, 2.05) is 0 Å². The summed E-state index contributed by atoms with van der Waals surface area (Å²) in [5.41, 5.74) is 0. The summed E-state index contributed by atoms with van der Waals surface area (Å²) in [6.07, 6.45) is 9.54. The maximum Gasteiger partial charge on any atom is 0.0376 e. The molecule has 0 aromatic carbocycles. The van der Waals surface area contributed by atoms with Crippen molar-refractivity contribution in [3.63, 3.8) is 0 Å². The summed E-state index contributed by atoms with van der Waals surface area (Å²) in [5.74, 6) is 0.752. The van der Waals surface area contributed by atoms with E-state index in [0.29, 0.717) is 5.38 Å². The Morgan fingerprint density at radius 1 is 1.00 bits per heavy atom. The van der Waals surface area contributed by atoms with Gasteiger partial charge in [0.25, 0.3) is 0 Å². The van der Waals surface area contributed by atoms with Crippen molar-refractivity contribution < 1.29 is 0 Å². The number of hydrogen-bond acceptors (Lipinski definition) is 1. The molecule has 2 atom stereocenters. The number of rotatable bonds is 3. The molecule has 0 heterocycles. The Labute approximate surface area is 86.2 Å². The van der Waals surface area contributed by atoms with Crippen LogP contribution in [0.3, 0.4) is 0 Å². The Morgan fingerprint density at radius 2 is 1.77 bits per heavy atom. The molecule has 0 bridgehead atoms. The summed E-state index contributed by atoms with van der Waals surface area (Å²) in [6, 6.07) is 0.810. The van der Waals surface area contributed by atoms with Crippen LogP contribution in [-0.4, -0.2) is 18.0 Å². The van der Waals surface area contributed by atoms with Crippen molar-refractivity contribution in [3.05, 3.63) is 0 Å². The third-order valence-electron chi connectivity index (χ3n) is 3.59. The minimum atomic E-state index is 0.453. The highest BCUT2D eigenvalue weighted by Crippen LogP contribution is 2.30. The number of nitrogens with one attached hydrogen (secondary N) is 1. The highest BCUT2D eigenvalue weighted by Gasteiger charge is 2.26. The van der Waals surface area contributed by atoms with E-state index in [9.17, 15) is 0 Å². The van der Waals surface area contributed by atoms with Gasteiger partial charge in [0, 0.05) is 11.4 Å². The molecule has 2 rings (SSSR count). The molecule has 2 saturated carbocycles. The lowest BCUT2D eigenvalue weighted by Crippen LogP contribution is -2.32. The highest BCUT2D eigenvalue weighted by molar-refractivity contribution is 6.20. The average molecular weight is 202 g/mol. The molecule has 0 amide bonds. The van der Waals surface area contributed by atoms with Crippen molar-refractivity contribution in [2.45, 2.75) is 56.4 Å². The van der Waals surface area contributed by atoms with Gasteiger partial charge in [-0.1, -0.05) is 19.3 Å². The largest absolute Gasteiger partial charge is 0.314 e. The minimum Gasteiger partial charge on any atom is -0.314 e. The van der Waals surface area contributed by atoms with Crippen LogP contribution in [0.15, 0.2) is 0 Å². The van der Waals surface area contributed by atoms with Gasteiger partial charge in [0.1, 0.15) is 0 Å². The molecule has 1 N–H and O–H groups in total. The molecule has 0 spiro atoms. The summed E-state index contributed by atoms with van der Waals surface area (Å²) in [6.45, 7) is 1.17. The molecule has 13 heavy (non-hydrogen) atoms. The van der Waals surface area contributed by atoms with Gasteiger partial charge in [-0.05, 0) is 38.1 Å². The van der Waals surface area contributed by atoms with E-state index in [1.165, 1.54) is 51.5 Å². The first kappa shape index (κ1) is 9.79. The third-order valence-corrected chi connectivity index (χ3v) is 4.16. The lowest BCUT2D eigenvalue weighted by molar-refractivity contribution is 0.437. The maximum absolute atomic E-state index is 6.22. The van der Waals surface area contributed by atoms with Crippen molar-refractivity contribution in [2.24, 2.45) is 5.92 Å². The fourth-order valence-electron chi connectivity index (χ4n) is 2.67. The smallest absolute Gasteiger partial charge is 0.0376 e. The molecule has 0 aromatic rings. The molecule has 2 aliphatic rings. The van der Waals surface area contributed by atoms with Crippen LogP contribution < -0.4 is 5.32 Å². The topological polar surface area (TPSA) is 12.0 Å². The fourth-order valence-corrected chi connectivity index (χ4v) is 3.04. The van der Waals surface area contributed by atoms with Crippen LogP contribution in [0.1, 0.15) is 44.9 Å². The molecule has 0 radical (unpaired) electrons. The van der Waals surface area contributed by atoms with Gasteiger partial charge in [0.2, 0.25) is 0 Å². The molecule has 1 nitrogen and oxygen atoms in total. The quantitative estimate of drug-likeness (QED) is 0.693. The molecule has 76 valence electrons. The van der Waals surface area contributed by atoms with Crippen LogP contribution in [0.25, 0.3) is 0 Å². The second-order valence-corrected chi connectivity index (χ2v) is 5.16. The Balaban J connectivity index is 1.66. The van der Waals surface area contributed by atoms with E-state index >= 15 is 0 Å². The van der Waals surface area contributed by atoms with Gasteiger partial charge in [-0.2, -0.15) is 0 Å². The predicted octanol–water partition coefficient (Wildman–Crippen LogP) is 2.93. The van der Waals surface area contributed by atoms with Gasteiger partial charge in [-0.15, -0.1) is 11.6 Å². The third kappa shape index (κ3) is 2.60. The van der Waals surface area contributed by atoms with Crippen molar-refractivity contribution in [1.29, 1.82) is 0 Å². The Kier molecular flexibility index (Phi) is 3.51. The summed E-state index contributed by atoms with van der Waals surface area (Å²) in [4.78, 5) is 0. The summed E-state index contributed by atoms with van der Waals surface area (Å²) in [5, 5.41) is 4.12. The molecule has 2 fully saturated rings. The zero-order chi connectivity index (χ0) is 9.10. The zero-order valence-electron chi connectivity index (χ0n) is 8.27. The maximum atomic E-state index is 6.22. The van der Waals surface area contributed by atoms with Crippen molar-refractivity contribution >= 4 is 11.6 Å². The van der Waals surface area contributed by atoms with Gasteiger partial charge >= 0.3 is 0 Å². The van der Waals surface area contributed by atoms with Crippen LogP contribution in [0.2, 0.25) is 0 Å². The predicted molar refractivity (Wildman–Crippen MR) is 57.2 cm³/mol. The minimum absolute atomic E-state index is 0.453. The molecule has 0 aromatic heterocycles. The Morgan fingerprint density at radius 3 is 2.38 bits per heavy atom. The van der Waals surface area contributed by atoms with E-state index in [4.69, 9.17) is 11.6 Å². The van der Waals surface area contributed by atoms with Crippen molar-refractivity contribution in [3.8, 4) is 0 Å². The van der Waals surface area contributed by atoms with Crippen LogP contribution in [0, 0.1) is 5.92 Å². The van der Waals surface area contributed by atoms with Crippen molar-refractivity contribution in [2.75, 3.05) is 6.54 Å². The zero-order valence-corrected chi connectivity index (χ0v) is 9.02. The molecular formula is C11H20ClN. The van der Waals surface area contributed by atoms with E-state index in [0.717, 1.165) is 12.0 Å².